The molecule has 0 aliphatic carbocycles. The van der Waals surface area contributed by atoms with Crippen molar-refractivity contribution in [2.75, 3.05) is 7.11 Å². The van der Waals surface area contributed by atoms with Gasteiger partial charge in [-0.05, 0) is 6.92 Å². The van der Waals surface area contributed by atoms with E-state index in [0.29, 0.717) is 11.8 Å². The van der Waals surface area contributed by atoms with Crippen molar-refractivity contribution in [1.29, 1.82) is 0 Å². The number of H-pyrrole nitrogens is 1. The second kappa shape index (κ2) is 3.30. The summed E-state index contributed by atoms with van der Waals surface area (Å²) in [6.45, 7) is 1.62. The number of hydrogen-bond donors (Lipinski definition) is 2. The van der Waals surface area contributed by atoms with Gasteiger partial charge < -0.3 is 14.8 Å². The highest BCUT2D eigenvalue weighted by Gasteiger charge is 2.19. The zero-order chi connectivity index (χ0) is 10.0. The molecule has 0 bridgehead atoms. The van der Waals surface area contributed by atoms with Gasteiger partial charge in [0.05, 0.1) is 12.8 Å². The van der Waals surface area contributed by atoms with E-state index in [0.717, 1.165) is 0 Å². The molecule has 0 saturated carbocycles. The minimum atomic E-state index is -1.15. The largest absolute Gasteiger partial charge is 0.494 e. The average Bonchev–Trinajstić information content (AvgIpc) is 2.42. The number of carbonyl (C=O) groups is 2. The smallest absolute Gasteiger partial charge is 0.356 e. The lowest BCUT2D eigenvalue weighted by Gasteiger charge is -1.98. The summed E-state index contributed by atoms with van der Waals surface area (Å²) in [5.41, 5.74) is 0.645. The van der Waals surface area contributed by atoms with Gasteiger partial charge in [0.25, 0.3) is 0 Å². The highest BCUT2D eigenvalue weighted by Crippen LogP contribution is 2.25. The van der Waals surface area contributed by atoms with Crippen LogP contribution in [0.25, 0.3) is 0 Å². The summed E-state index contributed by atoms with van der Waals surface area (Å²) in [5.74, 6) is -0.942. The van der Waals surface area contributed by atoms with Gasteiger partial charge in [0.2, 0.25) is 0 Å². The number of carboxylic acids is 1. The topological polar surface area (TPSA) is 79.4 Å². The zero-order valence-corrected chi connectivity index (χ0v) is 7.25. The Labute approximate surface area is 74.3 Å². The Morgan fingerprint density at radius 3 is 2.54 bits per heavy atom. The van der Waals surface area contributed by atoms with E-state index in [9.17, 15) is 9.59 Å². The molecular formula is C8H9NO4. The van der Waals surface area contributed by atoms with Crippen LogP contribution in [0.1, 0.15) is 26.5 Å². The number of hydrogen-bond acceptors (Lipinski definition) is 3. The van der Waals surface area contributed by atoms with Crippen LogP contribution in [-0.4, -0.2) is 29.5 Å². The van der Waals surface area contributed by atoms with Crippen LogP contribution in [0.4, 0.5) is 0 Å². The highest BCUT2D eigenvalue weighted by atomic mass is 16.5. The molecule has 5 nitrogen and oxygen atoms in total. The molecule has 0 aliphatic rings. The Balaban J connectivity index is 3.35. The molecule has 0 amide bonds. The van der Waals surface area contributed by atoms with E-state index in [-0.39, 0.29) is 17.1 Å². The summed E-state index contributed by atoms with van der Waals surface area (Å²) >= 11 is 0. The molecule has 0 fully saturated rings. The summed E-state index contributed by atoms with van der Waals surface area (Å²) in [4.78, 5) is 23.5. The fourth-order valence-corrected chi connectivity index (χ4v) is 1.12. The predicted molar refractivity (Wildman–Crippen MR) is 44.4 cm³/mol. The van der Waals surface area contributed by atoms with Crippen LogP contribution >= 0.6 is 0 Å². The van der Waals surface area contributed by atoms with Crippen molar-refractivity contribution < 1.29 is 19.4 Å². The SMILES string of the molecule is COc1c(C(=O)O)[nH]c(C=O)c1C. The number of methoxy groups -OCH3 is 1. The minimum Gasteiger partial charge on any atom is -0.494 e. The normalized spacial score (nSPS) is 9.69. The van der Waals surface area contributed by atoms with Crippen LogP contribution in [-0.2, 0) is 0 Å². The van der Waals surface area contributed by atoms with Gasteiger partial charge in [0, 0.05) is 5.56 Å². The van der Waals surface area contributed by atoms with E-state index in [1.165, 1.54) is 7.11 Å². The van der Waals surface area contributed by atoms with Crippen molar-refractivity contribution in [2.45, 2.75) is 6.92 Å². The third kappa shape index (κ3) is 1.40. The zero-order valence-electron chi connectivity index (χ0n) is 7.25. The van der Waals surface area contributed by atoms with Crippen molar-refractivity contribution in [1.82, 2.24) is 4.98 Å². The maximum absolute atomic E-state index is 10.6. The fraction of sp³-hybridized carbons (Fsp3) is 0.250. The number of ether oxygens (including phenoxy) is 1. The van der Waals surface area contributed by atoms with Crippen molar-refractivity contribution >= 4 is 12.3 Å². The van der Waals surface area contributed by atoms with Crippen LogP contribution < -0.4 is 4.74 Å². The van der Waals surface area contributed by atoms with Gasteiger partial charge in [-0.15, -0.1) is 0 Å². The first-order chi connectivity index (χ1) is 6.11. The number of carboxylic acid groups (broad SMARTS) is 1. The molecule has 0 aliphatic heterocycles. The summed E-state index contributed by atoms with van der Waals surface area (Å²) in [7, 11) is 1.36. The van der Waals surface area contributed by atoms with E-state index >= 15 is 0 Å². The van der Waals surface area contributed by atoms with Gasteiger partial charge in [-0.25, -0.2) is 4.79 Å². The summed E-state index contributed by atoms with van der Waals surface area (Å²) in [6.07, 6.45) is 0.560. The van der Waals surface area contributed by atoms with Crippen LogP contribution in [0.5, 0.6) is 5.75 Å². The number of aldehydes is 1. The Morgan fingerprint density at radius 2 is 2.23 bits per heavy atom. The van der Waals surface area contributed by atoms with Crippen molar-refractivity contribution in [3.8, 4) is 5.75 Å². The standard InChI is InChI=1S/C8H9NO4/c1-4-5(3-10)9-6(8(11)12)7(4)13-2/h3,9H,1-2H3,(H,11,12). The maximum atomic E-state index is 10.6. The molecule has 0 saturated heterocycles. The van der Waals surface area contributed by atoms with Crippen molar-refractivity contribution in [3.05, 3.63) is 17.0 Å². The summed E-state index contributed by atoms with van der Waals surface area (Å²) in [6, 6.07) is 0. The third-order valence-electron chi connectivity index (χ3n) is 1.77. The van der Waals surface area contributed by atoms with E-state index in [2.05, 4.69) is 4.98 Å². The van der Waals surface area contributed by atoms with E-state index in [1.807, 2.05) is 0 Å². The molecule has 2 N–H and O–H groups in total. The van der Waals surface area contributed by atoms with Gasteiger partial charge in [0.1, 0.15) is 0 Å². The molecule has 1 aromatic rings. The lowest BCUT2D eigenvalue weighted by atomic mass is 10.2. The Bertz CT molecular complexity index is 353. The number of aromatic amines is 1. The second-order valence-electron chi connectivity index (χ2n) is 2.49. The van der Waals surface area contributed by atoms with Crippen LogP contribution in [0.15, 0.2) is 0 Å². The van der Waals surface area contributed by atoms with E-state index in [1.54, 1.807) is 6.92 Å². The third-order valence-corrected chi connectivity index (χ3v) is 1.77. The first-order valence-corrected chi connectivity index (χ1v) is 3.56. The number of nitrogens with one attached hydrogen (secondary N) is 1. The minimum absolute atomic E-state index is 0.0953. The van der Waals surface area contributed by atoms with Gasteiger partial charge in [0.15, 0.2) is 17.7 Å². The molecule has 13 heavy (non-hydrogen) atoms. The molecule has 0 aromatic carbocycles. The van der Waals surface area contributed by atoms with E-state index < -0.39 is 5.97 Å². The van der Waals surface area contributed by atoms with Gasteiger partial charge >= 0.3 is 5.97 Å². The average molecular weight is 183 g/mol. The second-order valence-corrected chi connectivity index (χ2v) is 2.49. The van der Waals surface area contributed by atoms with Crippen LogP contribution in [0, 0.1) is 6.92 Å². The van der Waals surface area contributed by atoms with Gasteiger partial charge in [-0.3, -0.25) is 4.79 Å². The molecule has 1 aromatic heterocycles. The first-order valence-electron chi connectivity index (χ1n) is 3.56. The molecule has 1 rings (SSSR count). The molecular weight excluding hydrogens is 174 g/mol. The van der Waals surface area contributed by atoms with Gasteiger partial charge in [-0.2, -0.15) is 0 Å². The molecule has 0 atom stereocenters. The number of aromatic nitrogens is 1. The predicted octanol–water partition coefficient (Wildman–Crippen LogP) is 0.842. The first kappa shape index (κ1) is 9.31. The molecule has 5 heteroatoms. The van der Waals surface area contributed by atoms with Crippen LogP contribution in [0.2, 0.25) is 0 Å². The summed E-state index contributed by atoms with van der Waals surface area (Å²) < 4.78 is 4.85. The maximum Gasteiger partial charge on any atom is 0.356 e. The molecule has 0 unspecified atom stereocenters. The van der Waals surface area contributed by atoms with Crippen molar-refractivity contribution in [3.63, 3.8) is 0 Å². The lowest BCUT2D eigenvalue weighted by molar-refractivity contribution is 0.0687. The van der Waals surface area contributed by atoms with Crippen molar-refractivity contribution in [2.24, 2.45) is 0 Å². The number of carbonyl (C=O) groups excluding carboxylic acids is 1. The lowest BCUT2D eigenvalue weighted by Crippen LogP contribution is -1.99. The summed E-state index contributed by atoms with van der Waals surface area (Å²) in [5, 5.41) is 8.70. The van der Waals surface area contributed by atoms with E-state index in [4.69, 9.17) is 9.84 Å². The molecule has 70 valence electrons. The molecule has 0 spiro atoms. The highest BCUT2D eigenvalue weighted by molar-refractivity contribution is 5.92. The monoisotopic (exact) mass is 183 g/mol. The quantitative estimate of drug-likeness (QED) is 0.680. The Hall–Kier alpha value is -1.78. The van der Waals surface area contributed by atoms with Gasteiger partial charge in [-0.1, -0.05) is 0 Å². The number of rotatable bonds is 3. The molecule has 1 heterocycles. The number of aromatic carboxylic acids is 1. The van der Waals surface area contributed by atoms with Crippen LogP contribution in [0.3, 0.4) is 0 Å². The Morgan fingerprint density at radius 1 is 1.62 bits per heavy atom. The molecule has 0 radical (unpaired) electrons. The fourth-order valence-electron chi connectivity index (χ4n) is 1.12. The Kier molecular flexibility index (Phi) is 2.36.